The molecule has 2 aromatic carbocycles. The predicted molar refractivity (Wildman–Crippen MR) is 110 cm³/mol. The van der Waals surface area contributed by atoms with Gasteiger partial charge in [0.15, 0.2) is 0 Å². The lowest BCUT2D eigenvalue weighted by Crippen LogP contribution is -2.44. The van der Waals surface area contributed by atoms with Crippen LogP contribution in [0.5, 0.6) is 0 Å². The Morgan fingerprint density at radius 2 is 1.64 bits per heavy atom. The van der Waals surface area contributed by atoms with Crippen LogP contribution in [0.25, 0.3) is 0 Å². The molecule has 0 saturated carbocycles. The molecular formula is C24H28N2O2. The topological polar surface area (TPSA) is 40.6 Å². The van der Waals surface area contributed by atoms with Crippen molar-refractivity contribution in [3.8, 4) is 0 Å². The summed E-state index contributed by atoms with van der Waals surface area (Å²) in [5, 5.41) is 0. The van der Waals surface area contributed by atoms with Crippen LogP contribution < -0.4 is 0 Å². The van der Waals surface area contributed by atoms with E-state index in [2.05, 4.69) is 24.3 Å². The number of carbonyl (C=O) groups excluding carboxylic acids is 2. The molecule has 1 aliphatic heterocycles. The lowest BCUT2D eigenvalue weighted by atomic mass is 9.73. The lowest BCUT2D eigenvalue weighted by Gasteiger charge is -2.40. The van der Waals surface area contributed by atoms with Gasteiger partial charge in [-0.2, -0.15) is 0 Å². The van der Waals surface area contributed by atoms with Gasteiger partial charge in [0.25, 0.3) is 5.91 Å². The largest absolute Gasteiger partial charge is 0.349 e. The molecule has 1 saturated heterocycles. The zero-order valence-electron chi connectivity index (χ0n) is 16.7. The van der Waals surface area contributed by atoms with E-state index in [1.807, 2.05) is 49.3 Å². The van der Waals surface area contributed by atoms with Crippen molar-refractivity contribution in [1.29, 1.82) is 0 Å². The molecule has 1 fully saturated rings. The monoisotopic (exact) mass is 376 g/mol. The highest BCUT2D eigenvalue weighted by Crippen LogP contribution is 2.52. The van der Waals surface area contributed by atoms with Gasteiger partial charge in [0.05, 0.1) is 0 Å². The fraction of sp³-hybridized carbons (Fsp3) is 0.417. The highest BCUT2D eigenvalue weighted by molar-refractivity contribution is 5.94. The summed E-state index contributed by atoms with van der Waals surface area (Å²) >= 11 is 0. The summed E-state index contributed by atoms with van der Waals surface area (Å²) in [6.45, 7) is 1.55. The van der Waals surface area contributed by atoms with Crippen LogP contribution >= 0.6 is 0 Å². The molecule has 0 radical (unpaired) electrons. The molecular weight excluding hydrogens is 348 g/mol. The minimum atomic E-state index is 0.0985. The third kappa shape index (κ3) is 3.32. The van der Waals surface area contributed by atoms with Crippen LogP contribution in [-0.4, -0.2) is 48.8 Å². The Bertz CT molecular complexity index is 867. The van der Waals surface area contributed by atoms with E-state index >= 15 is 0 Å². The maximum absolute atomic E-state index is 12.8. The fourth-order valence-electron chi connectivity index (χ4n) is 4.98. The van der Waals surface area contributed by atoms with Crippen molar-refractivity contribution in [3.63, 3.8) is 0 Å². The van der Waals surface area contributed by atoms with Crippen molar-refractivity contribution in [2.45, 2.75) is 37.0 Å². The molecule has 4 heteroatoms. The molecule has 1 unspecified atom stereocenters. The number of piperidine rings is 1. The number of nitrogens with zero attached hydrogens (tertiary/aromatic N) is 2. The van der Waals surface area contributed by atoms with Crippen LogP contribution in [0.4, 0.5) is 0 Å². The van der Waals surface area contributed by atoms with Crippen molar-refractivity contribution < 1.29 is 9.59 Å². The van der Waals surface area contributed by atoms with E-state index in [0.29, 0.717) is 6.42 Å². The Balaban J connectivity index is 1.52. The van der Waals surface area contributed by atoms with Crippen molar-refractivity contribution in [2.75, 3.05) is 27.2 Å². The second kappa shape index (κ2) is 7.42. The molecule has 2 aliphatic rings. The number of benzene rings is 2. The molecule has 28 heavy (non-hydrogen) atoms. The highest BCUT2D eigenvalue weighted by Gasteiger charge is 2.46. The van der Waals surface area contributed by atoms with Crippen molar-refractivity contribution in [3.05, 3.63) is 71.3 Å². The summed E-state index contributed by atoms with van der Waals surface area (Å²) in [6.07, 6.45) is 3.52. The molecule has 0 N–H and O–H groups in total. The van der Waals surface area contributed by atoms with Gasteiger partial charge in [-0.25, -0.2) is 0 Å². The summed E-state index contributed by atoms with van der Waals surface area (Å²) in [4.78, 5) is 28.8. The van der Waals surface area contributed by atoms with Crippen molar-refractivity contribution in [2.24, 2.45) is 0 Å². The number of fused-ring (bicyclic) bond motifs is 2. The summed E-state index contributed by atoms with van der Waals surface area (Å²) in [5.41, 5.74) is 3.60. The van der Waals surface area contributed by atoms with E-state index < -0.39 is 0 Å². The standard InChI is InChI=1S/C24H28N2O2/c1-25(2)22(27)16-19-17-24(21-11-7-6-10-20(19)21)12-14-26(15-13-24)23(28)18-8-4-3-5-9-18/h3-11,19H,12-17H2,1-2H3. The highest BCUT2D eigenvalue weighted by atomic mass is 16.2. The summed E-state index contributed by atoms with van der Waals surface area (Å²) in [6, 6.07) is 18.2. The van der Waals surface area contributed by atoms with Crippen molar-refractivity contribution >= 4 is 11.8 Å². The second-order valence-electron chi connectivity index (χ2n) is 8.42. The molecule has 1 aliphatic carbocycles. The third-order valence-electron chi connectivity index (χ3n) is 6.56. The van der Waals surface area contributed by atoms with Gasteiger partial charge in [-0.3, -0.25) is 9.59 Å². The van der Waals surface area contributed by atoms with E-state index in [4.69, 9.17) is 0 Å². The first-order valence-corrected chi connectivity index (χ1v) is 10.1. The number of hydrogen-bond donors (Lipinski definition) is 0. The average molecular weight is 377 g/mol. The average Bonchev–Trinajstić information content (AvgIpc) is 3.02. The van der Waals surface area contributed by atoms with Crippen LogP contribution in [-0.2, 0) is 10.2 Å². The van der Waals surface area contributed by atoms with Gasteiger partial charge in [0, 0.05) is 39.2 Å². The first-order chi connectivity index (χ1) is 13.5. The van der Waals surface area contributed by atoms with Gasteiger partial charge < -0.3 is 9.80 Å². The Morgan fingerprint density at radius 1 is 1.00 bits per heavy atom. The Kier molecular flexibility index (Phi) is 4.96. The van der Waals surface area contributed by atoms with Crippen molar-refractivity contribution in [1.82, 2.24) is 9.80 Å². The summed E-state index contributed by atoms with van der Waals surface area (Å²) in [5.74, 6) is 0.595. The van der Waals surface area contributed by atoms with E-state index in [0.717, 1.165) is 37.9 Å². The number of amides is 2. The number of carbonyl (C=O) groups is 2. The molecule has 146 valence electrons. The zero-order valence-corrected chi connectivity index (χ0v) is 16.7. The molecule has 2 amide bonds. The molecule has 2 aromatic rings. The van der Waals surface area contributed by atoms with Crippen LogP contribution in [0.15, 0.2) is 54.6 Å². The summed E-state index contributed by atoms with van der Waals surface area (Å²) in [7, 11) is 3.65. The molecule has 4 rings (SSSR count). The van der Waals surface area contributed by atoms with Gasteiger partial charge in [-0.15, -0.1) is 0 Å². The smallest absolute Gasteiger partial charge is 0.253 e. The Hall–Kier alpha value is -2.62. The fourth-order valence-corrected chi connectivity index (χ4v) is 4.98. The molecule has 0 aromatic heterocycles. The van der Waals surface area contributed by atoms with Crippen LogP contribution in [0.2, 0.25) is 0 Å². The van der Waals surface area contributed by atoms with E-state index in [9.17, 15) is 9.59 Å². The van der Waals surface area contributed by atoms with Gasteiger partial charge >= 0.3 is 0 Å². The molecule has 4 nitrogen and oxygen atoms in total. The summed E-state index contributed by atoms with van der Waals surface area (Å²) < 4.78 is 0. The van der Waals surface area contributed by atoms with E-state index in [1.54, 1.807) is 4.90 Å². The van der Waals surface area contributed by atoms with Gasteiger partial charge in [0.2, 0.25) is 5.91 Å². The minimum absolute atomic E-state index is 0.0985. The van der Waals surface area contributed by atoms with Gasteiger partial charge in [-0.1, -0.05) is 42.5 Å². The maximum atomic E-state index is 12.8. The van der Waals surface area contributed by atoms with E-state index in [1.165, 1.54) is 11.1 Å². The second-order valence-corrected chi connectivity index (χ2v) is 8.42. The molecule has 0 bridgehead atoms. The lowest BCUT2D eigenvalue weighted by molar-refractivity contribution is -0.129. The first kappa shape index (κ1) is 18.7. The predicted octanol–water partition coefficient (Wildman–Crippen LogP) is 3.83. The minimum Gasteiger partial charge on any atom is -0.349 e. The molecule has 1 spiro atoms. The Morgan fingerprint density at radius 3 is 2.32 bits per heavy atom. The van der Waals surface area contributed by atoms with Crippen LogP contribution in [0, 0.1) is 0 Å². The number of rotatable bonds is 3. The first-order valence-electron chi connectivity index (χ1n) is 10.1. The third-order valence-corrected chi connectivity index (χ3v) is 6.56. The van der Waals surface area contributed by atoms with Gasteiger partial charge in [0.1, 0.15) is 0 Å². The quantitative estimate of drug-likeness (QED) is 0.817. The Labute approximate surface area is 167 Å². The molecule has 1 atom stereocenters. The van der Waals surface area contributed by atoms with Crippen LogP contribution in [0.1, 0.15) is 53.1 Å². The number of likely N-dealkylation sites (tertiary alicyclic amines) is 1. The normalized spacial score (nSPS) is 20.1. The maximum Gasteiger partial charge on any atom is 0.253 e. The van der Waals surface area contributed by atoms with Crippen LogP contribution in [0.3, 0.4) is 0 Å². The zero-order chi connectivity index (χ0) is 19.7. The SMILES string of the molecule is CN(C)C(=O)CC1CC2(CCN(C(=O)c3ccccc3)CC2)c2ccccc21. The molecule has 1 heterocycles. The van der Waals surface area contributed by atoms with Gasteiger partial charge in [-0.05, 0) is 53.9 Å². The number of hydrogen-bond acceptors (Lipinski definition) is 2. The van der Waals surface area contributed by atoms with E-state index in [-0.39, 0.29) is 23.1 Å².